The molecule has 0 amide bonds. The zero-order chi connectivity index (χ0) is 22.1. The van der Waals surface area contributed by atoms with Crippen molar-refractivity contribution in [1.29, 1.82) is 0 Å². The highest BCUT2D eigenvalue weighted by molar-refractivity contribution is 7.92. The predicted octanol–water partition coefficient (Wildman–Crippen LogP) is 4.27. The highest BCUT2D eigenvalue weighted by Gasteiger charge is 2.66. The Morgan fingerprint density at radius 2 is 1.77 bits per heavy atom. The fraction of sp³-hybridized carbons (Fsp3) is 0.409. The number of halogens is 3. The topological polar surface area (TPSA) is 69.7 Å². The first-order valence-corrected chi connectivity index (χ1v) is 11.9. The van der Waals surface area contributed by atoms with E-state index >= 15 is 4.39 Å². The molecule has 5 nitrogen and oxygen atoms in total. The van der Waals surface area contributed by atoms with Crippen molar-refractivity contribution in [3.05, 3.63) is 58.6 Å². The Bertz CT molecular complexity index is 1180. The molecule has 0 spiro atoms. The summed E-state index contributed by atoms with van der Waals surface area (Å²) < 4.78 is 67.5. The third-order valence-corrected chi connectivity index (χ3v) is 9.82. The predicted molar refractivity (Wildman–Crippen MR) is 107 cm³/mol. The molecule has 0 aromatic heterocycles. The van der Waals surface area contributed by atoms with Gasteiger partial charge in [-0.25, -0.2) is 17.2 Å². The summed E-state index contributed by atoms with van der Waals surface area (Å²) in [6, 6.07) is 7.46. The molecule has 2 aromatic carbocycles. The van der Waals surface area contributed by atoms with Crippen LogP contribution in [0.25, 0.3) is 0 Å². The molecule has 3 aliphatic rings. The van der Waals surface area contributed by atoms with Crippen LogP contribution in [0.15, 0.2) is 41.3 Å². The van der Waals surface area contributed by atoms with Gasteiger partial charge in [0.2, 0.25) is 0 Å². The van der Waals surface area contributed by atoms with Crippen molar-refractivity contribution in [2.75, 3.05) is 6.61 Å². The Labute approximate surface area is 183 Å². The molecule has 2 fully saturated rings. The van der Waals surface area contributed by atoms with Crippen LogP contribution in [0.1, 0.15) is 25.3 Å². The van der Waals surface area contributed by atoms with Crippen molar-refractivity contribution in [3.63, 3.8) is 0 Å². The van der Waals surface area contributed by atoms with Crippen molar-refractivity contribution in [2.24, 2.45) is 17.8 Å². The van der Waals surface area contributed by atoms with Gasteiger partial charge in [-0.3, -0.25) is 4.79 Å². The average molecular weight is 469 g/mol. The van der Waals surface area contributed by atoms with Crippen molar-refractivity contribution in [3.8, 4) is 5.75 Å². The number of hydrogen-bond donors (Lipinski definition) is 0. The molecule has 2 heterocycles. The molecule has 0 unspecified atom stereocenters. The number of esters is 1. The van der Waals surface area contributed by atoms with Crippen molar-refractivity contribution in [1.82, 2.24) is 0 Å². The standard InChI is InChI=1S/C22H19ClF2O5S/c1-11-18-14-10-29-20-16(25)7-6-15(24)19(20)22(14,9-8-17(18)30-21(11)26)31(27,28)13-4-2-12(23)3-5-13/h2-7,11,14,17-18H,8-10H2,1H3/t11-,14+,17-,18+,22+/m1/s1. The van der Waals surface area contributed by atoms with Crippen molar-refractivity contribution in [2.45, 2.75) is 35.5 Å². The zero-order valence-corrected chi connectivity index (χ0v) is 18.1. The molecule has 0 bridgehead atoms. The van der Waals surface area contributed by atoms with Gasteiger partial charge in [0, 0.05) is 16.9 Å². The van der Waals surface area contributed by atoms with Crippen LogP contribution in [0.5, 0.6) is 5.75 Å². The first-order valence-electron chi connectivity index (χ1n) is 10.0. The maximum absolute atomic E-state index is 15.3. The average Bonchev–Trinajstić information content (AvgIpc) is 3.04. The van der Waals surface area contributed by atoms with E-state index in [4.69, 9.17) is 21.1 Å². The largest absolute Gasteiger partial charge is 0.490 e. The van der Waals surface area contributed by atoms with E-state index in [0.717, 1.165) is 12.1 Å². The number of benzene rings is 2. The maximum Gasteiger partial charge on any atom is 0.309 e. The van der Waals surface area contributed by atoms with Crippen LogP contribution >= 0.6 is 11.6 Å². The third kappa shape index (κ3) is 2.70. The van der Waals surface area contributed by atoms with Gasteiger partial charge in [0.15, 0.2) is 21.4 Å². The second kappa shape index (κ2) is 6.90. The van der Waals surface area contributed by atoms with Crippen molar-refractivity contribution >= 4 is 27.4 Å². The molecule has 1 saturated carbocycles. The van der Waals surface area contributed by atoms with Crippen LogP contribution in [0.3, 0.4) is 0 Å². The van der Waals surface area contributed by atoms with Crippen molar-refractivity contribution < 1.29 is 31.5 Å². The summed E-state index contributed by atoms with van der Waals surface area (Å²) in [5, 5.41) is 0.352. The van der Waals surface area contributed by atoms with E-state index in [1.807, 2.05) is 0 Å². The van der Waals surface area contributed by atoms with E-state index in [1.165, 1.54) is 24.3 Å². The summed E-state index contributed by atoms with van der Waals surface area (Å²) in [6.07, 6.45) is -0.289. The molecular weight excluding hydrogens is 450 g/mol. The SMILES string of the molecule is C[C@H]1C(=O)O[C@@H]2CC[C@@]3(S(=O)(=O)c4ccc(Cl)cc4)c4c(F)ccc(F)c4OC[C@H]3[C@@H]21. The molecule has 1 aliphatic carbocycles. The molecule has 164 valence electrons. The molecule has 0 N–H and O–H groups in total. The van der Waals surface area contributed by atoms with Gasteiger partial charge < -0.3 is 9.47 Å². The highest BCUT2D eigenvalue weighted by Crippen LogP contribution is 2.60. The monoisotopic (exact) mass is 468 g/mol. The minimum absolute atomic E-state index is 0.0273. The third-order valence-electron chi connectivity index (χ3n) is 7.00. The molecule has 5 atom stereocenters. The van der Waals surface area contributed by atoms with E-state index in [-0.39, 0.29) is 35.7 Å². The molecule has 1 saturated heterocycles. The Hall–Kier alpha value is -2.19. The van der Waals surface area contributed by atoms with E-state index in [2.05, 4.69) is 0 Å². The number of ether oxygens (including phenoxy) is 2. The first kappa shape index (κ1) is 20.7. The van der Waals surface area contributed by atoms with Gasteiger partial charge >= 0.3 is 5.97 Å². The Morgan fingerprint density at radius 1 is 1.10 bits per heavy atom. The quantitative estimate of drug-likeness (QED) is 0.616. The minimum Gasteiger partial charge on any atom is -0.490 e. The van der Waals surface area contributed by atoms with Crippen LogP contribution in [0.2, 0.25) is 5.02 Å². The molecule has 9 heteroatoms. The number of hydrogen-bond acceptors (Lipinski definition) is 5. The van der Waals surface area contributed by atoms with Gasteiger partial charge in [0.1, 0.15) is 16.7 Å². The number of rotatable bonds is 2. The fourth-order valence-electron chi connectivity index (χ4n) is 5.62. The lowest BCUT2D eigenvalue weighted by Crippen LogP contribution is -2.57. The van der Waals surface area contributed by atoms with Gasteiger partial charge in [0.05, 0.1) is 23.0 Å². The Kier molecular flexibility index (Phi) is 4.61. The molecule has 31 heavy (non-hydrogen) atoms. The van der Waals surface area contributed by atoms with Gasteiger partial charge in [-0.2, -0.15) is 0 Å². The van der Waals surface area contributed by atoms with Gasteiger partial charge in [0.25, 0.3) is 0 Å². The molecule has 2 aromatic rings. The summed E-state index contributed by atoms with van der Waals surface area (Å²) in [5.74, 6) is -4.36. The first-order chi connectivity index (χ1) is 14.7. The van der Waals surface area contributed by atoms with Crippen LogP contribution in [-0.4, -0.2) is 27.1 Å². The van der Waals surface area contributed by atoms with Gasteiger partial charge in [-0.1, -0.05) is 18.5 Å². The molecule has 0 radical (unpaired) electrons. The summed E-state index contributed by atoms with van der Waals surface area (Å²) in [6.45, 7) is 1.51. The lowest BCUT2D eigenvalue weighted by atomic mass is 9.64. The summed E-state index contributed by atoms with van der Waals surface area (Å²) in [4.78, 5) is 12.2. The van der Waals surface area contributed by atoms with E-state index < -0.39 is 56.0 Å². The normalized spacial score (nSPS) is 31.8. The van der Waals surface area contributed by atoms with E-state index in [0.29, 0.717) is 5.02 Å². The van der Waals surface area contributed by atoms with Crippen LogP contribution in [-0.2, 0) is 24.1 Å². The number of sulfone groups is 1. The van der Waals surface area contributed by atoms with Crippen LogP contribution in [0.4, 0.5) is 8.78 Å². The minimum atomic E-state index is -4.24. The van der Waals surface area contributed by atoms with Gasteiger partial charge in [-0.15, -0.1) is 0 Å². The molecule has 5 rings (SSSR count). The zero-order valence-electron chi connectivity index (χ0n) is 16.5. The summed E-state index contributed by atoms with van der Waals surface area (Å²) in [7, 11) is -4.24. The lowest BCUT2D eigenvalue weighted by molar-refractivity contribution is -0.144. The maximum atomic E-state index is 15.3. The van der Waals surface area contributed by atoms with Crippen LogP contribution in [0, 0.1) is 29.4 Å². The molecular formula is C22H19ClF2O5S. The van der Waals surface area contributed by atoms with E-state index in [9.17, 15) is 17.6 Å². The number of carbonyl (C=O) groups excluding carboxylic acids is 1. The lowest BCUT2D eigenvalue weighted by Gasteiger charge is -2.51. The van der Waals surface area contributed by atoms with Crippen LogP contribution < -0.4 is 4.74 Å². The fourth-order valence-corrected chi connectivity index (χ4v) is 8.13. The van der Waals surface area contributed by atoms with Gasteiger partial charge in [-0.05, 0) is 49.2 Å². The molecule has 2 aliphatic heterocycles. The smallest absolute Gasteiger partial charge is 0.309 e. The van der Waals surface area contributed by atoms with E-state index in [1.54, 1.807) is 6.92 Å². The second-order valence-corrected chi connectivity index (χ2v) is 11.0. The Morgan fingerprint density at radius 3 is 2.48 bits per heavy atom. The second-order valence-electron chi connectivity index (χ2n) is 8.38. The number of carbonyl (C=O) groups is 1. The summed E-state index contributed by atoms with van der Waals surface area (Å²) >= 11 is 5.94. The number of fused-ring (bicyclic) bond motifs is 5. The Balaban J connectivity index is 1.81. The highest BCUT2D eigenvalue weighted by atomic mass is 35.5. The summed E-state index contributed by atoms with van der Waals surface area (Å²) in [5.41, 5.74) is -0.302.